The summed E-state index contributed by atoms with van der Waals surface area (Å²) >= 11 is 0. The lowest BCUT2D eigenvalue weighted by Gasteiger charge is -2.46. The van der Waals surface area contributed by atoms with Crippen molar-refractivity contribution in [2.75, 3.05) is 6.61 Å². The molecule has 0 saturated carbocycles. The van der Waals surface area contributed by atoms with Crippen LogP contribution in [0.1, 0.15) is 12.8 Å². The summed E-state index contributed by atoms with van der Waals surface area (Å²) in [6.45, 7) is -1.42. The van der Waals surface area contributed by atoms with Gasteiger partial charge in [-0.2, -0.15) is 74.6 Å². The molecule has 1 heterocycles. The minimum atomic E-state index is -8.79. The number of hydrogen-bond donors (Lipinski definition) is 5. The highest BCUT2D eigenvalue weighted by atomic mass is 19.4. The third-order valence-electron chi connectivity index (χ3n) is 5.64. The summed E-state index contributed by atoms with van der Waals surface area (Å²) in [5.41, 5.74) is 0. The molecule has 39 heavy (non-hydrogen) atoms. The quantitative estimate of drug-likeness (QED) is 0.239. The van der Waals surface area contributed by atoms with Crippen LogP contribution in [0.2, 0.25) is 0 Å². The molecule has 0 amide bonds. The lowest BCUT2D eigenvalue weighted by Crippen LogP contribution is -2.74. The molecule has 1 unspecified atom stereocenters. The first-order valence-electron chi connectivity index (χ1n) is 9.62. The van der Waals surface area contributed by atoms with Crippen molar-refractivity contribution in [2.24, 2.45) is 0 Å². The van der Waals surface area contributed by atoms with Gasteiger partial charge in [-0.25, -0.2) is 0 Å². The molecule has 1 aliphatic heterocycles. The summed E-state index contributed by atoms with van der Waals surface area (Å²) in [6.07, 6.45) is -23.6. The third-order valence-corrected chi connectivity index (χ3v) is 5.64. The van der Waals surface area contributed by atoms with Gasteiger partial charge < -0.3 is 30.3 Å². The topological polar surface area (TPSA) is 110 Å². The minimum Gasteiger partial charge on any atom is -0.394 e. The smallest absolute Gasteiger partial charge is 0.394 e. The van der Waals surface area contributed by atoms with Gasteiger partial charge in [-0.05, 0) is 0 Å². The first kappa shape index (κ1) is 35.6. The highest BCUT2D eigenvalue weighted by Gasteiger charge is 2.95. The maximum atomic E-state index is 14.0. The number of alkyl halides is 17. The normalized spacial score (nSPS) is 29.1. The Morgan fingerprint density at radius 1 is 0.564 bits per heavy atom. The average molecular weight is 626 g/mol. The van der Waals surface area contributed by atoms with Crippen LogP contribution in [0, 0.1) is 0 Å². The van der Waals surface area contributed by atoms with Crippen molar-refractivity contribution in [1.29, 1.82) is 0 Å². The van der Waals surface area contributed by atoms with Gasteiger partial charge in [-0.1, -0.05) is 0 Å². The van der Waals surface area contributed by atoms with Crippen molar-refractivity contribution in [1.82, 2.24) is 0 Å². The Morgan fingerprint density at radius 2 is 0.923 bits per heavy atom. The largest absolute Gasteiger partial charge is 0.460 e. The van der Waals surface area contributed by atoms with E-state index in [-0.39, 0.29) is 0 Å². The number of hydrogen-bond acceptors (Lipinski definition) is 6. The van der Waals surface area contributed by atoms with E-state index in [4.69, 9.17) is 5.11 Å². The van der Waals surface area contributed by atoms with Gasteiger partial charge in [0.05, 0.1) is 6.61 Å². The van der Waals surface area contributed by atoms with Crippen LogP contribution in [0.25, 0.3) is 0 Å². The van der Waals surface area contributed by atoms with Crippen molar-refractivity contribution < 1.29 is 105 Å². The first-order chi connectivity index (χ1) is 16.9. The van der Waals surface area contributed by atoms with E-state index < -0.39 is 97.3 Å². The van der Waals surface area contributed by atoms with Crippen molar-refractivity contribution >= 4 is 0 Å². The highest BCUT2D eigenvalue weighted by molar-refractivity contribution is 5.15. The molecule has 5 atom stereocenters. The van der Waals surface area contributed by atoms with E-state index in [9.17, 15) is 95.1 Å². The standard InChI is InChI=1S/C16H15F17O6/c17-9(18,2-1-8(38)7(37)6(36)5(35)4(3-34)39-8)10(19,20)11(21,22)12(23,24)13(25,26)14(27,28)15(29,30)16(31,32)33/h4-7,34-38H,1-3H2/t4-,5-,6+,7+,8?/m1/s1. The summed E-state index contributed by atoms with van der Waals surface area (Å²) in [4.78, 5) is 0. The van der Waals surface area contributed by atoms with Crippen LogP contribution in [-0.2, 0) is 4.74 Å². The van der Waals surface area contributed by atoms with E-state index in [1.807, 2.05) is 0 Å². The van der Waals surface area contributed by atoms with Gasteiger partial charge in [0.15, 0.2) is 5.79 Å². The van der Waals surface area contributed by atoms with Gasteiger partial charge >= 0.3 is 47.6 Å². The fraction of sp³-hybridized carbons (Fsp3) is 1.00. The lowest BCUT2D eigenvalue weighted by molar-refractivity contribution is -0.462. The summed E-state index contributed by atoms with van der Waals surface area (Å²) in [5.74, 6) is -61.8. The number of rotatable bonds is 10. The molecule has 1 aliphatic rings. The molecule has 0 aromatic rings. The Bertz CT molecular complexity index is 876. The molecule has 0 spiro atoms. The van der Waals surface area contributed by atoms with Crippen molar-refractivity contribution in [3.8, 4) is 0 Å². The summed E-state index contributed by atoms with van der Waals surface area (Å²) < 4.78 is 230. The second-order valence-corrected chi connectivity index (χ2v) is 8.26. The number of aliphatic hydroxyl groups excluding tert-OH is 4. The van der Waals surface area contributed by atoms with Crippen molar-refractivity contribution in [2.45, 2.75) is 90.7 Å². The summed E-state index contributed by atoms with van der Waals surface area (Å²) in [6, 6.07) is 0. The first-order valence-corrected chi connectivity index (χ1v) is 9.62. The van der Waals surface area contributed by atoms with Crippen LogP contribution in [0.4, 0.5) is 74.6 Å². The van der Waals surface area contributed by atoms with Gasteiger partial charge in [0.25, 0.3) is 0 Å². The third kappa shape index (κ3) is 4.99. The zero-order chi connectivity index (χ0) is 31.6. The molecule has 5 N–H and O–H groups in total. The van der Waals surface area contributed by atoms with Gasteiger partial charge in [0.2, 0.25) is 0 Å². The maximum absolute atomic E-state index is 14.0. The minimum absolute atomic E-state index is 1.42. The second kappa shape index (κ2) is 9.84. The average Bonchev–Trinajstić information content (AvgIpc) is 2.77. The molecule has 1 rings (SSSR count). The van der Waals surface area contributed by atoms with Crippen LogP contribution in [0.3, 0.4) is 0 Å². The highest BCUT2D eigenvalue weighted by Crippen LogP contribution is 2.64. The molecule has 1 saturated heterocycles. The maximum Gasteiger partial charge on any atom is 0.460 e. The molecule has 23 heteroatoms. The Morgan fingerprint density at radius 3 is 1.28 bits per heavy atom. The molecule has 0 radical (unpaired) electrons. The van der Waals surface area contributed by atoms with Gasteiger partial charge in [-0.3, -0.25) is 0 Å². The molecule has 0 aliphatic carbocycles. The fourth-order valence-corrected chi connectivity index (χ4v) is 3.12. The van der Waals surface area contributed by atoms with E-state index in [1.165, 1.54) is 0 Å². The Balaban J connectivity index is 3.47. The molecule has 234 valence electrons. The van der Waals surface area contributed by atoms with Crippen LogP contribution in [0.5, 0.6) is 0 Å². The number of halogens is 17. The lowest BCUT2D eigenvalue weighted by atomic mass is 9.85. The Hall–Kier alpha value is -1.43. The van der Waals surface area contributed by atoms with Crippen LogP contribution in [0.15, 0.2) is 0 Å². The van der Waals surface area contributed by atoms with Crippen molar-refractivity contribution in [3.05, 3.63) is 0 Å². The van der Waals surface area contributed by atoms with E-state index in [2.05, 4.69) is 4.74 Å². The summed E-state index contributed by atoms with van der Waals surface area (Å²) in [7, 11) is 0. The van der Waals surface area contributed by atoms with Gasteiger partial charge in [0.1, 0.15) is 24.4 Å². The molecule has 0 aromatic carbocycles. The molecule has 0 aromatic heterocycles. The van der Waals surface area contributed by atoms with E-state index in [0.29, 0.717) is 0 Å². The molecule has 1 fully saturated rings. The predicted molar refractivity (Wildman–Crippen MR) is 84.8 cm³/mol. The zero-order valence-corrected chi connectivity index (χ0v) is 18.0. The zero-order valence-electron chi connectivity index (χ0n) is 18.0. The van der Waals surface area contributed by atoms with E-state index in [0.717, 1.165) is 0 Å². The number of aliphatic hydroxyl groups is 5. The van der Waals surface area contributed by atoms with Gasteiger partial charge in [-0.15, -0.1) is 0 Å². The predicted octanol–water partition coefficient (Wildman–Crippen LogP) is 2.94. The monoisotopic (exact) mass is 626 g/mol. The van der Waals surface area contributed by atoms with E-state index >= 15 is 0 Å². The fourth-order valence-electron chi connectivity index (χ4n) is 3.12. The molecular weight excluding hydrogens is 611 g/mol. The SMILES string of the molecule is OC[C@H]1OC(O)(CCC(F)(F)C(F)(F)C(F)(F)C(F)(F)C(F)(F)C(F)(F)C(F)(F)C(F)(F)F)[C@@H](O)[C@@H](O)[C@@H]1O. The Labute approximate surface area is 203 Å². The van der Waals surface area contributed by atoms with E-state index in [1.54, 1.807) is 0 Å². The van der Waals surface area contributed by atoms with Crippen LogP contribution < -0.4 is 0 Å². The van der Waals surface area contributed by atoms with Gasteiger partial charge in [0, 0.05) is 12.8 Å². The summed E-state index contributed by atoms with van der Waals surface area (Å²) in [5, 5.41) is 47.4. The second-order valence-electron chi connectivity index (χ2n) is 8.26. The van der Waals surface area contributed by atoms with Crippen LogP contribution >= 0.6 is 0 Å². The number of ether oxygens (including phenoxy) is 1. The molecule has 6 nitrogen and oxygen atoms in total. The van der Waals surface area contributed by atoms with Crippen molar-refractivity contribution in [3.63, 3.8) is 0 Å². The molecule has 0 bridgehead atoms. The molecular formula is C16H15F17O6. The Kier molecular flexibility index (Phi) is 8.98. The van der Waals surface area contributed by atoms with Crippen LogP contribution in [-0.4, -0.2) is 110 Å².